The van der Waals surface area contributed by atoms with Gasteiger partial charge in [-0.05, 0) is 153 Å². The molecule has 3 aromatic carbocycles. The highest BCUT2D eigenvalue weighted by atomic mass is 35.5. The Balaban J connectivity index is 1.26. The van der Waals surface area contributed by atoms with Crippen molar-refractivity contribution in [2.75, 3.05) is 26.2 Å². The zero-order valence-electron chi connectivity index (χ0n) is 57.8. The Kier molecular flexibility index (Phi) is 33.5. The van der Waals surface area contributed by atoms with Gasteiger partial charge in [0, 0.05) is 81.1 Å². The van der Waals surface area contributed by atoms with E-state index in [1.54, 1.807) is 74.5 Å². The number of imide groups is 1. The van der Waals surface area contributed by atoms with E-state index in [0.29, 0.717) is 46.7 Å². The van der Waals surface area contributed by atoms with Crippen LogP contribution >= 0.6 is 11.6 Å². The molecule has 0 aliphatic heterocycles. The molecule has 6 rings (SSSR count). The van der Waals surface area contributed by atoms with Gasteiger partial charge in [0.2, 0.25) is 47.6 Å². The Morgan fingerprint density at radius 1 is 0.505 bits per heavy atom. The number of hydrogen-bond acceptors (Lipinski definition) is 17. The highest BCUT2D eigenvalue weighted by Gasteiger charge is 2.38. The molecule has 8 atom stereocenters. The molecule has 0 unspecified atom stereocenters. The Hall–Kier alpha value is -9.89. The molecule has 0 saturated carbocycles. The number of benzene rings is 3. The van der Waals surface area contributed by atoms with Crippen molar-refractivity contribution in [1.29, 1.82) is 0 Å². The van der Waals surface area contributed by atoms with Gasteiger partial charge in [-0.3, -0.25) is 72.6 Å². The van der Waals surface area contributed by atoms with Crippen LogP contribution in [-0.4, -0.2) is 171 Å². The van der Waals surface area contributed by atoms with Crippen LogP contribution in [0.5, 0.6) is 0 Å². The number of nitrogens with two attached hydrogens (primary N) is 1. The summed E-state index contributed by atoms with van der Waals surface area (Å²) in [6, 6.07) is 18.5. The largest absolute Gasteiger partial charge is 0.394 e. The van der Waals surface area contributed by atoms with Gasteiger partial charge < -0.3 is 58.7 Å². The number of unbranched alkanes of at least 4 members (excludes halogenated alkanes) is 3. The summed E-state index contributed by atoms with van der Waals surface area (Å²) < 4.78 is 0. The maximum atomic E-state index is 15.0. The molecule has 6 aromatic rings. The van der Waals surface area contributed by atoms with Crippen molar-refractivity contribution < 1.29 is 57.8 Å². The smallest absolute Gasteiger partial charge is 0.252 e. The summed E-state index contributed by atoms with van der Waals surface area (Å²) in [6.45, 7) is 8.53. The second-order valence-corrected chi connectivity index (χ2v) is 26.0. The summed E-state index contributed by atoms with van der Waals surface area (Å²) >= 11 is 6.22. The van der Waals surface area contributed by atoms with Gasteiger partial charge in [0.1, 0.15) is 42.3 Å². The molecular weight excluding hydrogens is 1310 g/mol. The molecule has 0 spiro atoms. The van der Waals surface area contributed by atoms with Crippen LogP contribution in [0, 0.1) is 5.92 Å². The SMILES string of the molecule is CC(=O)N(C(=O)[C@H](CC(C)C)NC(=O)[C@@H](CCCCNC(=O)c1cccnc1)NC(=O)[C@H](CCCCNC(=O)c1cccnc1)NC(=O)[C@H](CO)NC(=O)[C@@H](Cc1cccnc1)NC(=O)[C@@H](Cc1ccc(Cl)cc1)NC(=O)[C@H](N)Cc1ccc2ccccc2c1)[C@H]([C]=O)CCCCNC(C)C. The van der Waals surface area contributed by atoms with Crippen molar-refractivity contribution in [3.05, 3.63) is 173 Å². The van der Waals surface area contributed by atoms with E-state index in [1.807, 2.05) is 62.6 Å². The zero-order valence-corrected chi connectivity index (χ0v) is 58.5. The highest BCUT2D eigenvalue weighted by molar-refractivity contribution is 6.30. The van der Waals surface area contributed by atoms with Crippen molar-refractivity contribution in [3.8, 4) is 0 Å². The van der Waals surface area contributed by atoms with E-state index < -0.39 is 114 Å². The standard InChI is InChI=1S/C74H94ClN14O12/c1-47(2)37-64(74(101)89(49(5)92)58(45-90)22-8-11-34-80-48(3)4)87-70(97)61(24-10-13-36-82-67(94)56-21-16-33-79-44-56)83-69(96)60(23-9-12-35-81-66(93)55-20-15-32-78-43-55)84-73(100)65(46-91)88-72(99)63(41-52-17-14-31-77-42-52)86-71(98)62(40-50-26-29-57(75)30-27-50)85-68(95)59(76)39-51-25-28-53-18-6-7-19-54(53)38-51/h6-7,14-21,25-33,38,42-44,47-48,58-65,80,91H,8-13,22-24,34-37,39-41,46,76H2,1-5H3,(H,81,93)(H,82,94)(H,83,96)(H,84,100)(H,85,95)(H,86,98)(H,87,97)(H,88,99)/t58-,59+,60-,61+,62+,63+,64-,65-/m0/s1. The third-order valence-corrected chi connectivity index (χ3v) is 16.8. The lowest BCUT2D eigenvalue weighted by molar-refractivity contribution is -0.148. The van der Waals surface area contributed by atoms with Crippen LogP contribution in [0.2, 0.25) is 5.02 Å². The van der Waals surface area contributed by atoms with Gasteiger partial charge in [-0.25, -0.2) is 0 Å². The molecule has 0 aliphatic carbocycles. The van der Waals surface area contributed by atoms with Crippen LogP contribution < -0.4 is 53.6 Å². The van der Waals surface area contributed by atoms with Crippen LogP contribution in [0.25, 0.3) is 10.8 Å². The van der Waals surface area contributed by atoms with Gasteiger partial charge in [-0.15, -0.1) is 0 Å². The molecule has 0 saturated heterocycles. The first-order valence-corrected chi connectivity index (χ1v) is 34.5. The number of aliphatic hydroxyl groups excluding tert-OH is 1. The van der Waals surface area contributed by atoms with Crippen molar-refractivity contribution in [2.45, 2.75) is 172 Å². The minimum Gasteiger partial charge on any atom is -0.394 e. The van der Waals surface area contributed by atoms with E-state index in [4.69, 9.17) is 17.3 Å². The van der Waals surface area contributed by atoms with Crippen molar-refractivity contribution >= 4 is 87.7 Å². The van der Waals surface area contributed by atoms with Crippen LogP contribution in [0.15, 0.2) is 140 Å². The fourth-order valence-electron chi connectivity index (χ4n) is 11.1. The van der Waals surface area contributed by atoms with E-state index >= 15 is 0 Å². The summed E-state index contributed by atoms with van der Waals surface area (Å²) in [6.07, 6.45) is 12.3. The molecule has 3 aromatic heterocycles. The molecular formula is C74H94ClN14O12. The highest BCUT2D eigenvalue weighted by Crippen LogP contribution is 2.20. The maximum Gasteiger partial charge on any atom is 0.252 e. The lowest BCUT2D eigenvalue weighted by Crippen LogP contribution is -2.61. The zero-order chi connectivity index (χ0) is 73.2. The summed E-state index contributed by atoms with van der Waals surface area (Å²) in [7, 11) is 0. The first kappa shape index (κ1) is 80.1. The first-order valence-electron chi connectivity index (χ1n) is 34.1. The number of carbonyl (C=O) groups is 10. The topological polar surface area (TPSA) is 384 Å². The lowest BCUT2D eigenvalue weighted by Gasteiger charge is -2.31. The molecule has 0 fully saturated rings. The number of aromatic nitrogens is 3. The molecule has 10 amide bonds. The molecule has 27 heteroatoms. The molecule has 539 valence electrons. The average Bonchev–Trinajstić information content (AvgIpc) is 0.845. The van der Waals surface area contributed by atoms with Gasteiger partial charge in [0.05, 0.1) is 23.8 Å². The maximum absolute atomic E-state index is 15.0. The Bertz CT molecular complexity index is 3690. The van der Waals surface area contributed by atoms with Crippen LogP contribution in [0.3, 0.4) is 0 Å². The number of hydrogen-bond donors (Lipinski definition) is 11. The lowest BCUT2D eigenvalue weighted by atomic mass is 9.99. The Labute approximate surface area is 594 Å². The normalized spacial score (nSPS) is 13.6. The summed E-state index contributed by atoms with van der Waals surface area (Å²) in [5.74, 6) is -8.00. The van der Waals surface area contributed by atoms with Gasteiger partial charge in [0.25, 0.3) is 17.7 Å². The Morgan fingerprint density at radius 3 is 1.50 bits per heavy atom. The van der Waals surface area contributed by atoms with E-state index in [-0.39, 0.29) is 95.7 Å². The van der Waals surface area contributed by atoms with Crippen LogP contribution in [-0.2, 0) is 62.4 Å². The quantitative estimate of drug-likeness (QED) is 0.0239. The number of nitrogens with one attached hydrogen (secondary N) is 9. The minimum absolute atomic E-state index is 0.00108. The van der Waals surface area contributed by atoms with Crippen molar-refractivity contribution in [1.82, 2.24) is 67.7 Å². The second kappa shape index (κ2) is 42.3. The number of pyridine rings is 3. The van der Waals surface area contributed by atoms with Gasteiger partial charge in [-0.1, -0.05) is 100.0 Å². The van der Waals surface area contributed by atoms with Gasteiger partial charge >= 0.3 is 0 Å². The summed E-state index contributed by atoms with van der Waals surface area (Å²) in [4.78, 5) is 167. The van der Waals surface area contributed by atoms with Crippen molar-refractivity contribution in [3.63, 3.8) is 0 Å². The van der Waals surface area contributed by atoms with Crippen LogP contribution in [0.1, 0.15) is 136 Å². The number of rotatable bonds is 42. The molecule has 0 aliphatic rings. The molecule has 12 N–H and O–H groups in total. The average molecular weight is 1410 g/mol. The number of fused-ring (bicyclic) bond motifs is 1. The second-order valence-electron chi connectivity index (χ2n) is 25.5. The molecule has 3 heterocycles. The predicted molar refractivity (Wildman–Crippen MR) is 382 cm³/mol. The first-order chi connectivity index (χ1) is 48.5. The fourth-order valence-corrected chi connectivity index (χ4v) is 11.3. The van der Waals surface area contributed by atoms with Gasteiger partial charge in [0.15, 0.2) is 0 Å². The predicted octanol–water partition coefficient (Wildman–Crippen LogP) is 4.20. The third kappa shape index (κ3) is 27.3. The van der Waals surface area contributed by atoms with E-state index in [1.165, 1.54) is 37.2 Å². The van der Waals surface area contributed by atoms with Crippen molar-refractivity contribution in [2.24, 2.45) is 11.7 Å². The molecule has 0 bridgehead atoms. The van der Waals surface area contributed by atoms with Gasteiger partial charge in [-0.2, -0.15) is 0 Å². The molecule has 26 nitrogen and oxygen atoms in total. The fraction of sp³-hybridized carbons (Fsp3) is 0.432. The van der Waals surface area contributed by atoms with E-state index in [0.717, 1.165) is 28.2 Å². The molecule has 1 radical (unpaired) electrons. The number of nitrogens with zero attached hydrogens (tertiary/aromatic N) is 4. The number of carbonyl (C=O) groups excluding carboxylic acids is 11. The minimum atomic E-state index is -1.79. The monoisotopic (exact) mass is 1410 g/mol. The summed E-state index contributed by atoms with van der Waals surface area (Å²) in [5, 5.41) is 38.3. The van der Waals surface area contributed by atoms with E-state index in [9.17, 15) is 57.8 Å². The third-order valence-electron chi connectivity index (χ3n) is 16.5. The number of halogens is 1. The Morgan fingerprint density at radius 2 is 0.980 bits per heavy atom. The summed E-state index contributed by atoms with van der Waals surface area (Å²) in [5.41, 5.74) is 8.96. The van der Waals surface area contributed by atoms with Crippen LogP contribution in [0.4, 0.5) is 0 Å². The number of aliphatic hydroxyl groups is 1. The number of amides is 10. The van der Waals surface area contributed by atoms with E-state index in [2.05, 4.69) is 62.8 Å². The molecule has 101 heavy (non-hydrogen) atoms.